The zero-order valence-corrected chi connectivity index (χ0v) is 11.6. The summed E-state index contributed by atoms with van der Waals surface area (Å²) in [5.41, 5.74) is 2.96. The molecule has 0 saturated carbocycles. The van der Waals surface area contributed by atoms with Crippen LogP contribution in [-0.4, -0.2) is 0 Å². The summed E-state index contributed by atoms with van der Waals surface area (Å²) >= 11 is 0. The van der Waals surface area contributed by atoms with Gasteiger partial charge in [-0.05, 0) is 52.0 Å². The number of allylic oxidation sites excluding steroid dienone is 4. The zero-order valence-electron chi connectivity index (χ0n) is 10.7. The Labute approximate surface area is 116 Å². The summed E-state index contributed by atoms with van der Waals surface area (Å²) in [6.45, 7) is 0. The lowest BCUT2D eigenvalue weighted by atomic mass is 10.00. The standard InChI is InChI=1S/C18H16S/c1-2-8-14(9-3-1)19-17-12-6-4-10-15(17)16-11-5-7-13-18(16)19/h1-6,8-12,19H,7,13H2. The van der Waals surface area contributed by atoms with Gasteiger partial charge in [-0.2, -0.15) is 10.9 Å². The molecule has 0 N–H and O–H groups in total. The smallest absolute Gasteiger partial charge is 0.00314 e. The van der Waals surface area contributed by atoms with E-state index in [1.165, 1.54) is 28.9 Å². The summed E-state index contributed by atoms with van der Waals surface area (Å²) < 4.78 is 0. The van der Waals surface area contributed by atoms with Crippen LogP contribution in [0.4, 0.5) is 0 Å². The van der Waals surface area contributed by atoms with Gasteiger partial charge in [0.1, 0.15) is 0 Å². The maximum atomic E-state index is 2.34. The summed E-state index contributed by atoms with van der Waals surface area (Å²) in [6, 6.07) is 20.0. The minimum absolute atomic E-state index is 0.285. The van der Waals surface area contributed by atoms with E-state index in [1.54, 1.807) is 9.80 Å². The Morgan fingerprint density at radius 1 is 0.842 bits per heavy atom. The average Bonchev–Trinajstić information content (AvgIpc) is 2.83. The molecule has 0 radical (unpaired) electrons. The lowest BCUT2D eigenvalue weighted by Gasteiger charge is -2.22. The fourth-order valence-electron chi connectivity index (χ4n) is 3.04. The minimum atomic E-state index is -0.285. The molecular weight excluding hydrogens is 248 g/mol. The molecule has 1 heteroatoms. The first-order valence-corrected chi connectivity index (χ1v) is 8.13. The molecule has 1 aliphatic heterocycles. The first kappa shape index (κ1) is 11.1. The van der Waals surface area contributed by atoms with Gasteiger partial charge >= 0.3 is 0 Å². The van der Waals surface area contributed by atoms with Crippen LogP contribution < -0.4 is 0 Å². The summed E-state index contributed by atoms with van der Waals surface area (Å²) in [5, 5.41) is 0. The van der Waals surface area contributed by atoms with Crippen molar-refractivity contribution >= 4 is 16.5 Å². The van der Waals surface area contributed by atoms with Crippen molar-refractivity contribution in [2.75, 3.05) is 0 Å². The Hall–Kier alpha value is -1.73. The van der Waals surface area contributed by atoms with Crippen molar-refractivity contribution in [2.45, 2.75) is 22.6 Å². The fourth-order valence-corrected chi connectivity index (χ4v) is 5.85. The first-order valence-electron chi connectivity index (χ1n) is 6.79. The Morgan fingerprint density at radius 2 is 1.63 bits per heavy atom. The highest BCUT2D eigenvalue weighted by Crippen LogP contribution is 2.62. The van der Waals surface area contributed by atoms with Crippen LogP contribution in [0.15, 0.2) is 81.4 Å². The molecule has 2 aliphatic rings. The monoisotopic (exact) mass is 264 g/mol. The van der Waals surface area contributed by atoms with E-state index in [0.29, 0.717) is 0 Å². The van der Waals surface area contributed by atoms with Crippen molar-refractivity contribution in [3.05, 3.63) is 77.2 Å². The van der Waals surface area contributed by atoms with E-state index in [9.17, 15) is 0 Å². The van der Waals surface area contributed by atoms with E-state index < -0.39 is 0 Å². The average molecular weight is 264 g/mol. The third kappa shape index (κ3) is 1.69. The molecule has 0 amide bonds. The Kier molecular flexibility index (Phi) is 2.59. The van der Waals surface area contributed by atoms with Gasteiger partial charge in [0.15, 0.2) is 0 Å². The second kappa shape index (κ2) is 4.43. The van der Waals surface area contributed by atoms with Gasteiger partial charge < -0.3 is 0 Å². The fraction of sp³-hybridized carbons (Fsp3) is 0.111. The van der Waals surface area contributed by atoms with Crippen molar-refractivity contribution in [1.29, 1.82) is 0 Å². The van der Waals surface area contributed by atoms with Gasteiger partial charge in [-0.3, -0.25) is 0 Å². The normalized spacial score (nSPS) is 22.2. The largest absolute Gasteiger partial charge is 0.175 e. The van der Waals surface area contributed by atoms with Crippen LogP contribution in [0, 0.1) is 0 Å². The molecule has 0 bridgehead atoms. The quantitative estimate of drug-likeness (QED) is 0.674. The van der Waals surface area contributed by atoms with Crippen LogP contribution in [0.1, 0.15) is 18.4 Å². The van der Waals surface area contributed by atoms with Gasteiger partial charge in [0, 0.05) is 4.90 Å². The molecule has 1 aliphatic carbocycles. The van der Waals surface area contributed by atoms with Gasteiger partial charge in [0.2, 0.25) is 0 Å². The van der Waals surface area contributed by atoms with E-state index >= 15 is 0 Å². The number of rotatable bonds is 1. The third-order valence-electron chi connectivity index (χ3n) is 3.86. The molecule has 1 atom stereocenters. The van der Waals surface area contributed by atoms with E-state index in [0.717, 1.165) is 0 Å². The second-order valence-electron chi connectivity index (χ2n) is 4.99. The molecule has 0 aromatic heterocycles. The van der Waals surface area contributed by atoms with Gasteiger partial charge in [-0.25, -0.2) is 0 Å². The molecule has 4 rings (SSSR count). The predicted octanol–water partition coefficient (Wildman–Crippen LogP) is 5.18. The number of fused-ring (bicyclic) bond motifs is 2. The number of hydrogen-bond acceptors (Lipinski definition) is 0. The van der Waals surface area contributed by atoms with E-state index in [-0.39, 0.29) is 10.9 Å². The van der Waals surface area contributed by atoms with Crippen LogP contribution in [0.2, 0.25) is 0 Å². The summed E-state index contributed by atoms with van der Waals surface area (Å²) in [7, 11) is -0.285. The van der Waals surface area contributed by atoms with Crippen LogP contribution in [0.3, 0.4) is 0 Å². The van der Waals surface area contributed by atoms with E-state index in [1.807, 2.05) is 0 Å². The minimum Gasteiger partial charge on any atom is -0.175 e. The molecule has 1 heterocycles. The number of thiol groups is 1. The molecule has 2 aromatic rings. The number of hydrogen-bond donors (Lipinski definition) is 1. The third-order valence-corrected chi connectivity index (χ3v) is 6.55. The molecule has 1 unspecified atom stereocenters. The molecule has 0 spiro atoms. The maximum Gasteiger partial charge on any atom is 0.00314 e. The van der Waals surface area contributed by atoms with Crippen LogP contribution in [0.25, 0.3) is 5.57 Å². The van der Waals surface area contributed by atoms with Crippen LogP contribution in [-0.2, 0) is 0 Å². The van der Waals surface area contributed by atoms with Crippen LogP contribution in [0.5, 0.6) is 0 Å². The maximum absolute atomic E-state index is 2.34. The SMILES string of the molecule is C1=CC2=C(CC1)[SH](c1ccccc1)c1ccccc12. The summed E-state index contributed by atoms with van der Waals surface area (Å²) in [4.78, 5) is 4.70. The molecule has 2 aromatic carbocycles. The van der Waals surface area contributed by atoms with Gasteiger partial charge in [0.25, 0.3) is 0 Å². The highest BCUT2D eigenvalue weighted by atomic mass is 32.2. The Morgan fingerprint density at radius 3 is 2.53 bits per heavy atom. The van der Waals surface area contributed by atoms with Crippen molar-refractivity contribution in [3.63, 3.8) is 0 Å². The van der Waals surface area contributed by atoms with Crippen molar-refractivity contribution in [3.8, 4) is 0 Å². The van der Waals surface area contributed by atoms with Crippen molar-refractivity contribution in [2.24, 2.45) is 0 Å². The summed E-state index contributed by atoms with van der Waals surface area (Å²) in [6.07, 6.45) is 7.07. The van der Waals surface area contributed by atoms with Crippen molar-refractivity contribution in [1.82, 2.24) is 0 Å². The molecule has 0 fully saturated rings. The molecule has 0 saturated heterocycles. The summed E-state index contributed by atoms with van der Waals surface area (Å²) in [5.74, 6) is 0. The topological polar surface area (TPSA) is 0 Å². The lowest BCUT2D eigenvalue weighted by molar-refractivity contribution is 1.03. The molecular formula is C18H16S. The lowest BCUT2D eigenvalue weighted by Crippen LogP contribution is -1.89. The van der Waals surface area contributed by atoms with Gasteiger partial charge in [0.05, 0.1) is 0 Å². The second-order valence-corrected chi connectivity index (χ2v) is 7.20. The van der Waals surface area contributed by atoms with Crippen molar-refractivity contribution < 1.29 is 0 Å². The van der Waals surface area contributed by atoms with Gasteiger partial charge in [-0.1, -0.05) is 48.6 Å². The highest BCUT2D eigenvalue weighted by molar-refractivity contribution is 8.21. The Balaban J connectivity index is 1.95. The Bertz CT molecular complexity index is 680. The molecule has 19 heavy (non-hydrogen) atoms. The molecule has 0 nitrogen and oxygen atoms in total. The van der Waals surface area contributed by atoms with Crippen LogP contribution >= 0.6 is 10.9 Å². The van der Waals surface area contributed by atoms with Gasteiger partial charge in [-0.15, -0.1) is 0 Å². The first-order chi connectivity index (χ1) is 9.45. The number of benzene rings is 2. The zero-order chi connectivity index (χ0) is 12.7. The molecule has 94 valence electrons. The van der Waals surface area contributed by atoms with E-state index in [4.69, 9.17) is 0 Å². The predicted molar refractivity (Wildman–Crippen MR) is 83.7 cm³/mol. The van der Waals surface area contributed by atoms with E-state index in [2.05, 4.69) is 66.7 Å². The highest BCUT2D eigenvalue weighted by Gasteiger charge is 2.28.